The smallest absolute Gasteiger partial charge is 0.279 e. The van der Waals surface area contributed by atoms with Crippen LogP contribution in [-0.2, 0) is 0 Å². The standard InChI is InChI=1S/C16H14BrN5O/c1-10-4-3-5-12(8-10)22-9-14(20-21-22)16(23)19-15-7-6-13(17)11(2)18-15/h3-9H,1-2H3,(H,18,19,23). The highest BCUT2D eigenvalue weighted by atomic mass is 79.9. The van der Waals surface area contributed by atoms with Gasteiger partial charge in [0.25, 0.3) is 5.91 Å². The number of benzene rings is 1. The quantitative estimate of drug-likeness (QED) is 0.766. The average molecular weight is 372 g/mol. The number of carbonyl (C=O) groups excluding carboxylic acids is 1. The van der Waals surface area contributed by atoms with Crippen LogP contribution in [-0.4, -0.2) is 25.9 Å². The molecule has 0 spiro atoms. The van der Waals surface area contributed by atoms with E-state index in [0.29, 0.717) is 5.82 Å². The second-order valence-electron chi connectivity index (χ2n) is 5.11. The summed E-state index contributed by atoms with van der Waals surface area (Å²) < 4.78 is 2.46. The number of halogens is 1. The molecule has 0 unspecified atom stereocenters. The number of amides is 1. The van der Waals surface area contributed by atoms with Crippen LogP contribution >= 0.6 is 15.9 Å². The minimum Gasteiger partial charge on any atom is -0.305 e. The zero-order valence-electron chi connectivity index (χ0n) is 12.6. The van der Waals surface area contributed by atoms with Crippen molar-refractivity contribution in [3.63, 3.8) is 0 Å². The van der Waals surface area contributed by atoms with Gasteiger partial charge in [0.1, 0.15) is 5.82 Å². The van der Waals surface area contributed by atoms with Crippen molar-refractivity contribution in [2.24, 2.45) is 0 Å². The van der Waals surface area contributed by atoms with E-state index in [2.05, 4.69) is 36.5 Å². The molecule has 0 saturated carbocycles. The summed E-state index contributed by atoms with van der Waals surface area (Å²) in [6.45, 7) is 3.85. The lowest BCUT2D eigenvalue weighted by Gasteiger charge is -2.04. The maximum atomic E-state index is 12.2. The molecule has 7 heteroatoms. The molecule has 0 aliphatic rings. The van der Waals surface area contributed by atoms with Gasteiger partial charge < -0.3 is 5.32 Å². The van der Waals surface area contributed by atoms with Crippen LogP contribution in [0.4, 0.5) is 5.82 Å². The molecule has 1 amide bonds. The highest BCUT2D eigenvalue weighted by molar-refractivity contribution is 9.10. The number of aryl methyl sites for hydroxylation is 2. The molecular weight excluding hydrogens is 358 g/mol. The lowest BCUT2D eigenvalue weighted by molar-refractivity contribution is 0.102. The molecule has 2 heterocycles. The number of nitrogens with zero attached hydrogens (tertiary/aromatic N) is 4. The molecule has 3 rings (SSSR count). The van der Waals surface area contributed by atoms with Crippen LogP contribution < -0.4 is 5.32 Å². The Morgan fingerprint density at radius 3 is 2.78 bits per heavy atom. The van der Waals surface area contributed by atoms with Crippen LogP contribution in [0.1, 0.15) is 21.7 Å². The maximum absolute atomic E-state index is 12.2. The summed E-state index contributed by atoms with van der Waals surface area (Å²) in [7, 11) is 0. The van der Waals surface area contributed by atoms with E-state index in [1.165, 1.54) is 0 Å². The number of pyridine rings is 1. The van der Waals surface area contributed by atoms with Crippen molar-refractivity contribution >= 4 is 27.7 Å². The Kier molecular flexibility index (Phi) is 4.20. The summed E-state index contributed by atoms with van der Waals surface area (Å²) in [6.07, 6.45) is 1.59. The molecule has 3 aromatic rings. The first-order chi connectivity index (χ1) is 11.0. The van der Waals surface area contributed by atoms with Crippen molar-refractivity contribution in [1.82, 2.24) is 20.0 Å². The van der Waals surface area contributed by atoms with Crippen LogP contribution in [0.5, 0.6) is 0 Å². The number of carbonyl (C=O) groups is 1. The van der Waals surface area contributed by atoms with Crippen molar-refractivity contribution in [1.29, 1.82) is 0 Å². The number of anilines is 1. The van der Waals surface area contributed by atoms with Gasteiger partial charge in [0.05, 0.1) is 17.6 Å². The molecule has 23 heavy (non-hydrogen) atoms. The van der Waals surface area contributed by atoms with Gasteiger partial charge >= 0.3 is 0 Å². The zero-order valence-corrected chi connectivity index (χ0v) is 14.2. The van der Waals surface area contributed by atoms with E-state index in [-0.39, 0.29) is 11.6 Å². The summed E-state index contributed by atoms with van der Waals surface area (Å²) in [5, 5.41) is 10.6. The first-order valence-corrected chi connectivity index (χ1v) is 7.76. The molecule has 0 fully saturated rings. The molecule has 0 aliphatic heterocycles. The van der Waals surface area contributed by atoms with Crippen LogP contribution in [0.3, 0.4) is 0 Å². The molecule has 1 aromatic carbocycles. The van der Waals surface area contributed by atoms with Crippen LogP contribution in [0.15, 0.2) is 47.1 Å². The third-order valence-electron chi connectivity index (χ3n) is 3.26. The van der Waals surface area contributed by atoms with E-state index in [0.717, 1.165) is 21.4 Å². The molecular formula is C16H14BrN5O. The summed E-state index contributed by atoms with van der Waals surface area (Å²) in [6, 6.07) is 11.4. The normalized spacial score (nSPS) is 10.6. The van der Waals surface area contributed by atoms with E-state index in [9.17, 15) is 4.79 Å². The van der Waals surface area contributed by atoms with Crippen molar-refractivity contribution in [3.05, 3.63) is 64.0 Å². The van der Waals surface area contributed by atoms with Gasteiger partial charge in [-0.2, -0.15) is 0 Å². The fraction of sp³-hybridized carbons (Fsp3) is 0.125. The third-order valence-corrected chi connectivity index (χ3v) is 4.09. The van der Waals surface area contributed by atoms with E-state index in [1.54, 1.807) is 16.9 Å². The number of rotatable bonds is 3. The van der Waals surface area contributed by atoms with Crippen molar-refractivity contribution in [2.45, 2.75) is 13.8 Å². The van der Waals surface area contributed by atoms with Gasteiger partial charge in [0.15, 0.2) is 5.69 Å². The van der Waals surface area contributed by atoms with Gasteiger partial charge in [0.2, 0.25) is 0 Å². The number of hydrogen-bond donors (Lipinski definition) is 1. The topological polar surface area (TPSA) is 72.7 Å². The lowest BCUT2D eigenvalue weighted by Crippen LogP contribution is -2.13. The molecule has 0 bridgehead atoms. The molecule has 0 atom stereocenters. The average Bonchev–Trinajstić information content (AvgIpc) is 3.01. The molecule has 0 aliphatic carbocycles. The molecule has 0 saturated heterocycles. The Hall–Kier alpha value is -2.54. The molecule has 0 radical (unpaired) electrons. The van der Waals surface area contributed by atoms with E-state index < -0.39 is 0 Å². The summed E-state index contributed by atoms with van der Waals surface area (Å²) in [4.78, 5) is 16.5. The fourth-order valence-electron chi connectivity index (χ4n) is 2.06. The monoisotopic (exact) mass is 371 g/mol. The Morgan fingerprint density at radius 1 is 1.22 bits per heavy atom. The number of aromatic nitrogens is 4. The summed E-state index contributed by atoms with van der Waals surface area (Å²) >= 11 is 3.37. The Morgan fingerprint density at radius 2 is 2.04 bits per heavy atom. The lowest BCUT2D eigenvalue weighted by atomic mass is 10.2. The maximum Gasteiger partial charge on any atom is 0.279 e. The zero-order chi connectivity index (χ0) is 16.4. The van der Waals surface area contributed by atoms with E-state index in [4.69, 9.17) is 0 Å². The van der Waals surface area contributed by atoms with Crippen molar-refractivity contribution in [3.8, 4) is 5.69 Å². The van der Waals surface area contributed by atoms with E-state index in [1.807, 2.05) is 44.2 Å². The predicted octanol–water partition coefficient (Wildman–Crippen LogP) is 3.29. The minimum absolute atomic E-state index is 0.230. The van der Waals surface area contributed by atoms with Crippen LogP contribution in [0.2, 0.25) is 0 Å². The van der Waals surface area contributed by atoms with Gasteiger partial charge in [-0.3, -0.25) is 4.79 Å². The van der Waals surface area contributed by atoms with Crippen LogP contribution in [0.25, 0.3) is 5.69 Å². The van der Waals surface area contributed by atoms with Gasteiger partial charge in [-0.05, 0) is 59.6 Å². The predicted molar refractivity (Wildman–Crippen MR) is 90.7 cm³/mol. The molecule has 6 nitrogen and oxygen atoms in total. The van der Waals surface area contributed by atoms with Gasteiger partial charge in [-0.15, -0.1) is 5.10 Å². The SMILES string of the molecule is Cc1cccc(-n2cc(C(=O)Nc3ccc(Br)c(C)n3)nn2)c1. The number of hydrogen-bond acceptors (Lipinski definition) is 4. The highest BCUT2D eigenvalue weighted by Gasteiger charge is 2.13. The highest BCUT2D eigenvalue weighted by Crippen LogP contribution is 2.16. The first kappa shape index (κ1) is 15.4. The van der Waals surface area contributed by atoms with Crippen molar-refractivity contribution < 1.29 is 4.79 Å². The summed E-state index contributed by atoms with van der Waals surface area (Å²) in [5.41, 5.74) is 2.99. The third kappa shape index (κ3) is 3.45. The Labute approximate surface area is 141 Å². The summed E-state index contributed by atoms with van der Waals surface area (Å²) in [5.74, 6) is 0.124. The number of nitrogens with one attached hydrogen (secondary N) is 1. The molecule has 2 aromatic heterocycles. The largest absolute Gasteiger partial charge is 0.305 e. The first-order valence-electron chi connectivity index (χ1n) is 6.97. The van der Waals surface area contributed by atoms with Crippen LogP contribution in [0, 0.1) is 13.8 Å². The second-order valence-corrected chi connectivity index (χ2v) is 5.96. The van der Waals surface area contributed by atoms with E-state index >= 15 is 0 Å². The second kappa shape index (κ2) is 6.29. The van der Waals surface area contributed by atoms with Gasteiger partial charge in [-0.25, -0.2) is 9.67 Å². The Balaban J connectivity index is 1.79. The van der Waals surface area contributed by atoms with Crippen molar-refractivity contribution in [2.75, 3.05) is 5.32 Å². The molecule has 1 N–H and O–H groups in total. The molecule has 116 valence electrons. The van der Waals surface area contributed by atoms with Gasteiger partial charge in [-0.1, -0.05) is 17.3 Å². The van der Waals surface area contributed by atoms with Gasteiger partial charge in [0, 0.05) is 4.47 Å². The Bertz CT molecular complexity index is 874. The fourth-order valence-corrected chi connectivity index (χ4v) is 2.28. The minimum atomic E-state index is -0.349.